The third-order valence-corrected chi connectivity index (χ3v) is 4.81. The Morgan fingerprint density at radius 3 is 1.41 bits per heavy atom. The Balaban J connectivity index is 3.42. The maximum absolute atomic E-state index is 11.8. The van der Waals surface area contributed by atoms with Crippen LogP contribution in [0.15, 0.2) is 0 Å². The average Bonchev–Trinajstić information content (AvgIpc) is 2.28. The molecule has 5 heteroatoms. The minimum atomic E-state index is -2.98. The lowest BCUT2D eigenvalue weighted by Gasteiger charge is -2.10. The topological polar surface area (TPSA) is 37.3 Å². The van der Waals surface area contributed by atoms with Gasteiger partial charge in [0.1, 0.15) is 0 Å². The van der Waals surface area contributed by atoms with Gasteiger partial charge in [-0.3, -0.25) is 13.3 Å². The summed E-state index contributed by atoms with van der Waals surface area (Å²) in [7, 11) is -2.98. The summed E-state index contributed by atoms with van der Waals surface area (Å²) in [5, 5.41) is 0. The van der Waals surface area contributed by atoms with Crippen molar-refractivity contribution in [3.8, 4) is 0 Å². The number of unbranched alkanes of at least 4 members (excludes halogenated alkanes) is 6. The molecule has 0 amide bonds. The fourth-order valence-electron chi connectivity index (χ4n) is 1.73. The molecule has 1 N–H and O–H groups in total. The summed E-state index contributed by atoms with van der Waals surface area (Å²) >= 11 is 0. The molecule has 0 spiro atoms. The van der Waals surface area contributed by atoms with E-state index in [-0.39, 0.29) is 13.3 Å². The van der Waals surface area contributed by atoms with Crippen molar-refractivity contribution in [2.75, 3.05) is 25.7 Å². The summed E-state index contributed by atoms with van der Waals surface area (Å²) in [6, 6.07) is 0. The molecule has 0 rings (SSSR count). The first kappa shape index (κ1) is 17.1. The van der Waals surface area contributed by atoms with E-state index in [4.69, 9.17) is 0 Å². The number of rotatable bonds is 12. The molecule has 0 aromatic rings. The molecular formula is C12H25F2O2P. The third-order valence-electron chi connectivity index (χ3n) is 2.78. The van der Waals surface area contributed by atoms with E-state index in [0.717, 1.165) is 25.7 Å². The van der Waals surface area contributed by atoms with Crippen LogP contribution in [0.4, 0.5) is 8.78 Å². The van der Waals surface area contributed by atoms with Gasteiger partial charge in [-0.05, 0) is 25.7 Å². The zero-order valence-corrected chi connectivity index (χ0v) is 11.4. The highest BCUT2D eigenvalue weighted by Crippen LogP contribution is 2.42. The smallest absolute Gasteiger partial charge is 0.200 e. The lowest BCUT2D eigenvalue weighted by Crippen LogP contribution is -1.96. The fraction of sp³-hybridized carbons (Fsp3) is 1.00. The Morgan fingerprint density at radius 1 is 0.706 bits per heavy atom. The van der Waals surface area contributed by atoms with Crippen molar-refractivity contribution in [3.05, 3.63) is 0 Å². The predicted octanol–water partition coefficient (Wildman–Crippen LogP) is 4.32. The van der Waals surface area contributed by atoms with Crippen molar-refractivity contribution in [2.45, 2.75) is 51.4 Å². The molecule has 0 aromatic heterocycles. The highest BCUT2D eigenvalue weighted by atomic mass is 31.2. The van der Waals surface area contributed by atoms with Crippen molar-refractivity contribution >= 4 is 7.37 Å². The Kier molecular flexibility index (Phi) is 11.2. The molecule has 0 bridgehead atoms. The lowest BCUT2D eigenvalue weighted by molar-refractivity contribution is 0.447. The second-order valence-corrected chi connectivity index (χ2v) is 7.09. The lowest BCUT2D eigenvalue weighted by atomic mass is 10.2. The van der Waals surface area contributed by atoms with Crippen LogP contribution in [0.1, 0.15) is 51.4 Å². The van der Waals surface area contributed by atoms with Gasteiger partial charge < -0.3 is 4.89 Å². The van der Waals surface area contributed by atoms with E-state index in [2.05, 4.69) is 0 Å². The van der Waals surface area contributed by atoms with E-state index < -0.39 is 7.37 Å². The number of hydrogen-bond acceptors (Lipinski definition) is 1. The molecule has 0 unspecified atom stereocenters. The Hall–Kier alpha value is 0.0500. The number of halogens is 2. The van der Waals surface area contributed by atoms with Crippen molar-refractivity contribution in [1.82, 2.24) is 0 Å². The summed E-state index contributed by atoms with van der Waals surface area (Å²) in [5.41, 5.74) is 0. The summed E-state index contributed by atoms with van der Waals surface area (Å²) in [6.45, 7) is -0.600. The average molecular weight is 270 g/mol. The maximum atomic E-state index is 11.8. The van der Waals surface area contributed by atoms with Crippen LogP contribution in [0.2, 0.25) is 0 Å². The van der Waals surface area contributed by atoms with Gasteiger partial charge in [0.2, 0.25) is 7.37 Å². The van der Waals surface area contributed by atoms with Gasteiger partial charge in [0.05, 0.1) is 13.3 Å². The molecule has 0 radical (unpaired) electrons. The predicted molar refractivity (Wildman–Crippen MR) is 68.4 cm³/mol. The molecule has 0 aliphatic carbocycles. The van der Waals surface area contributed by atoms with Crippen LogP contribution in [0.25, 0.3) is 0 Å². The standard InChI is InChI=1S/C12H25F2O2P/c13-9-5-1-3-7-11-17(15,16)12-8-4-2-6-10-14/h1-12H2,(H,15,16). The quantitative estimate of drug-likeness (QED) is 0.423. The third kappa shape index (κ3) is 12.3. The molecular weight excluding hydrogens is 245 g/mol. The van der Waals surface area contributed by atoms with Gasteiger partial charge in [0.25, 0.3) is 0 Å². The van der Waals surface area contributed by atoms with Gasteiger partial charge >= 0.3 is 0 Å². The van der Waals surface area contributed by atoms with Crippen LogP contribution in [-0.2, 0) is 4.57 Å². The molecule has 0 aliphatic heterocycles. The summed E-state index contributed by atoms with van der Waals surface area (Å²) < 4.78 is 35.3. The van der Waals surface area contributed by atoms with Gasteiger partial charge in [0, 0.05) is 12.3 Å². The maximum Gasteiger partial charge on any atom is 0.200 e. The van der Waals surface area contributed by atoms with E-state index in [1.807, 2.05) is 0 Å². The first-order valence-electron chi connectivity index (χ1n) is 6.55. The Morgan fingerprint density at radius 2 is 1.06 bits per heavy atom. The van der Waals surface area contributed by atoms with E-state index in [1.54, 1.807) is 0 Å². The van der Waals surface area contributed by atoms with E-state index in [1.165, 1.54) is 0 Å². The van der Waals surface area contributed by atoms with Crippen LogP contribution < -0.4 is 0 Å². The summed E-state index contributed by atoms with van der Waals surface area (Å²) in [6.07, 6.45) is 6.48. The van der Waals surface area contributed by atoms with E-state index in [9.17, 15) is 18.2 Å². The van der Waals surface area contributed by atoms with Crippen molar-refractivity contribution in [2.24, 2.45) is 0 Å². The number of alkyl halides is 2. The van der Waals surface area contributed by atoms with Crippen molar-refractivity contribution < 1.29 is 18.2 Å². The molecule has 0 fully saturated rings. The molecule has 0 saturated heterocycles. The zero-order chi connectivity index (χ0) is 13.0. The van der Waals surface area contributed by atoms with E-state index >= 15 is 0 Å². The first-order chi connectivity index (χ1) is 8.12. The second kappa shape index (κ2) is 11.2. The van der Waals surface area contributed by atoms with Crippen molar-refractivity contribution in [3.63, 3.8) is 0 Å². The zero-order valence-electron chi connectivity index (χ0n) is 10.5. The minimum Gasteiger partial charge on any atom is -0.344 e. The highest BCUT2D eigenvalue weighted by molar-refractivity contribution is 7.57. The molecule has 0 aromatic carbocycles. The van der Waals surface area contributed by atoms with Crippen LogP contribution in [0, 0.1) is 0 Å². The molecule has 0 atom stereocenters. The first-order valence-corrected chi connectivity index (χ1v) is 8.58. The fourth-order valence-corrected chi connectivity index (χ4v) is 3.38. The van der Waals surface area contributed by atoms with Gasteiger partial charge in [-0.15, -0.1) is 0 Å². The molecule has 2 nitrogen and oxygen atoms in total. The van der Waals surface area contributed by atoms with Crippen LogP contribution in [0.3, 0.4) is 0 Å². The van der Waals surface area contributed by atoms with Crippen LogP contribution in [-0.4, -0.2) is 30.6 Å². The highest BCUT2D eigenvalue weighted by Gasteiger charge is 2.16. The van der Waals surface area contributed by atoms with Crippen LogP contribution >= 0.6 is 7.37 Å². The molecule has 0 aliphatic rings. The van der Waals surface area contributed by atoms with E-state index in [0.29, 0.717) is 38.0 Å². The van der Waals surface area contributed by atoms with Gasteiger partial charge in [-0.2, -0.15) is 0 Å². The molecule has 104 valence electrons. The molecule has 17 heavy (non-hydrogen) atoms. The Labute approximate surface area is 103 Å². The van der Waals surface area contributed by atoms with Crippen molar-refractivity contribution in [1.29, 1.82) is 0 Å². The Bertz CT molecular complexity index is 195. The van der Waals surface area contributed by atoms with Crippen LogP contribution in [0.5, 0.6) is 0 Å². The minimum absolute atomic E-state index is 0.300. The molecule has 0 saturated carbocycles. The van der Waals surface area contributed by atoms with Gasteiger partial charge in [0.15, 0.2) is 0 Å². The normalized spacial score (nSPS) is 11.9. The second-order valence-electron chi connectivity index (χ2n) is 4.50. The number of hydrogen-bond donors (Lipinski definition) is 1. The van der Waals surface area contributed by atoms with Gasteiger partial charge in [-0.1, -0.05) is 25.7 Å². The summed E-state index contributed by atoms with van der Waals surface area (Å²) in [4.78, 5) is 9.63. The monoisotopic (exact) mass is 270 g/mol. The van der Waals surface area contributed by atoms with Gasteiger partial charge in [-0.25, -0.2) is 0 Å². The molecule has 0 heterocycles. The largest absolute Gasteiger partial charge is 0.344 e. The summed E-state index contributed by atoms with van der Waals surface area (Å²) in [5.74, 6) is 0. The SMILES string of the molecule is O=P(O)(CCCCCCF)CCCCCCF.